The van der Waals surface area contributed by atoms with Crippen molar-refractivity contribution in [2.24, 2.45) is 0 Å². The van der Waals surface area contributed by atoms with E-state index in [2.05, 4.69) is 123 Å². The molecule has 5 nitrogen and oxygen atoms in total. The summed E-state index contributed by atoms with van der Waals surface area (Å²) < 4.78 is 10.6. The van der Waals surface area contributed by atoms with Gasteiger partial charge >= 0.3 is 11.9 Å². The second-order valence-corrected chi connectivity index (χ2v) is 16.9. The van der Waals surface area contributed by atoms with Crippen LogP contribution in [0.3, 0.4) is 0 Å². The Bertz CT molecular complexity index is 1260. The third kappa shape index (κ3) is 51.1. The van der Waals surface area contributed by atoms with Crippen molar-refractivity contribution in [3.05, 3.63) is 109 Å². The Morgan fingerprint density at radius 3 is 1.02 bits per heavy atom. The summed E-state index contributed by atoms with van der Waals surface area (Å²) in [5.41, 5.74) is 0. The summed E-state index contributed by atoms with van der Waals surface area (Å²) in [6.45, 7) is 3.99. The summed E-state index contributed by atoms with van der Waals surface area (Å²) in [6, 6.07) is 0. The zero-order chi connectivity index (χ0) is 45.6. The van der Waals surface area contributed by atoms with E-state index in [1.54, 1.807) is 0 Å². The van der Waals surface area contributed by atoms with Gasteiger partial charge < -0.3 is 14.6 Å². The molecule has 5 heteroatoms. The summed E-state index contributed by atoms with van der Waals surface area (Å²) in [6.07, 6.45) is 76.2. The van der Waals surface area contributed by atoms with E-state index in [9.17, 15) is 14.7 Å². The zero-order valence-electron chi connectivity index (χ0n) is 40.8. The molecule has 0 bridgehead atoms. The highest BCUT2D eigenvalue weighted by molar-refractivity contribution is 5.70. The number of carbonyl (C=O) groups excluding carboxylic acids is 2. The van der Waals surface area contributed by atoms with E-state index in [0.29, 0.717) is 12.8 Å². The lowest BCUT2D eigenvalue weighted by Crippen LogP contribution is -2.28. The average molecular weight is 873 g/mol. The third-order valence-corrected chi connectivity index (χ3v) is 10.8. The van der Waals surface area contributed by atoms with E-state index >= 15 is 0 Å². The van der Waals surface area contributed by atoms with Crippen LogP contribution in [0.25, 0.3) is 0 Å². The van der Waals surface area contributed by atoms with E-state index in [-0.39, 0.29) is 31.6 Å². The number of rotatable bonds is 46. The van der Waals surface area contributed by atoms with Crippen molar-refractivity contribution in [3.63, 3.8) is 0 Å². The fourth-order valence-electron chi connectivity index (χ4n) is 6.97. The van der Waals surface area contributed by atoms with E-state index in [0.717, 1.165) is 83.5 Å². The van der Waals surface area contributed by atoms with Gasteiger partial charge in [-0.15, -0.1) is 0 Å². The largest absolute Gasteiger partial charge is 0.462 e. The van der Waals surface area contributed by atoms with E-state index in [1.165, 1.54) is 109 Å². The maximum atomic E-state index is 12.2. The van der Waals surface area contributed by atoms with Crippen molar-refractivity contribution < 1.29 is 24.2 Å². The number of ether oxygens (including phenoxy) is 2. The highest BCUT2D eigenvalue weighted by Gasteiger charge is 2.16. The first-order chi connectivity index (χ1) is 31.1. The first kappa shape index (κ1) is 59.6. The molecule has 1 atom stereocenters. The minimum atomic E-state index is -0.809. The van der Waals surface area contributed by atoms with Crippen LogP contribution < -0.4 is 0 Å². The normalized spacial score (nSPS) is 13.1. The lowest BCUT2D eigenvalue weighted by Gasteiger charge is -2.15. The molecule has 0 saturated heterocycles. The molecule has 1 N–H and O–H groups in total. The summed E-state index contributed by atoms with van der Waals surface area (Å²) >= 11 is 0. The van der Waals surface area contributed by atoms with Gasteiger partial charge in [0.1, 0.15) is 6.61 Å². The smallest absolute Gasteiger partial charge is 0.306 e. The fourth-order valence-corrected chi connectivity index (χ4v) is 6.97. The van der Waals surface area contributed by atoms with Crippen molar-refractivity contribution >= 4 is 11.9 Å². The van der Waals surface area contributed by atoms with Crippen LogP contribution in [0.4, 0.5) is 0 Å². The number of hydrogen-bond acceptors (Lipinski definition) is 5. The van der Waals surface area contributed by atoms with Crippen LogP contribution >= 0.6 is 0 Å². The Hall–Kier alpha value is -3.44. The Labute approximate surface area is 389 Å². The highest BCUT2D eigenvalue weighted by Crippen LogP contribution is 2.15. The predicted molar refractivity (Wildman–Crippen MR) is 274 cm³/mol. The Kier molecular flexibility index (Phi) is 50.0. The highest BCUT2D eigenvalue weighted by atomic mass is 16.6. The molecule has 1 unspecified atom stereocenters. The number of unbranched alkanes of at least 4 members (excludes halogenated alkanes) is 20. The van der Waals surface area contributed by atoms with E-state index < -0.39 is 6.10 Å². The molecule has 0 amide bonds. The van der Waals surface area contributed by atoms with Crippen LogP contribution in [0.1, 0.15) is 226 Å². The van der Waals surface area contributed by atoms with Gasteiger partial charge in [-0.25, -0.2) is 0 Å². The van der Waals surface area contributed by atoms with Crippen LogP contribution in [-0.2, 0) is 19.1 Å². The van der Waals surface area contributed by atoms with Gasteiger partial charge in [-0.05, 0) is 77.0 Å². The van der Waals surface area contributed by atoms with Gasteiger partial charge in [0.2, 0.25) is 0 Å². The molecule has 63 heavy (non-hydrogen) atoms. The second kappa shape index (κ2) is 52.9. The minimum absolute atomic E-state index is 0.0931. The molecule has 0 aromatic rings. The average Bonchev–Trinajstić information content (AvgIpc) is 3.29. The first-order valence-corrected chi connectivity index (χ1v) is 25.9. The molecule has 0 rings (SSSR count). The molecule has 0 radical (unpaired) electrons. The van der Waals surface area contributed by atoms with Gasteiger partial charge in [-0.1, -0.05) is 245 Å². The predicted octanol–water partition coefficient (Wildman–Crippen LogP) is 17.4. The number of carbonyl (C=O) groups is 2. The molecule has 0 aliphatic heterocycles. The van der Waals surface area contributed by atoms with Crippen molar-refractivity contribution in [3.8, 4) is 0 Å². The van der Waals surface area contributed by atoms with Gasteiger partial charge in [-0.3, -0.25) is 9.59 Å². The van der Waals surface area contributed by atoms with Gasteiger partial charge in [0.05, 0.1) is 6.61 Å². The molecule has 0 aromatic carbocycles. The molecular formula is C58H96O5. The molecule has 0 aliphatic rings. The van der Waals surface area contributed by atoms with Gasteiger partial charge in [0, 0.05) is 12.8 Å². The number of allylic oxidation sites excluding steroid dienone is 18. The van der Waals surface area contributed by atoms with Crippen molar-refractivity contribution in [1.82, 2.24) is 0 Å². The van der Waals surface area contributed by atoms with Gasteiger partial charge in [0.25, 0.3) is 0 Å². The number of esters is 2. The standard InChI is InChI=1S/C58H96O5/c1-3-5-7-9-11-13-15-17-19-21-23-25-26-27-28-29-30-31-32-33-35-37-39-41-43-45-47-49-51-53-58(61)63-56(54-59)55-62-57(60)52-50-48-46-44-42-40-38-36-34-24-22-20-18-16-14-12-10-8-6-4-2/h5,7,11,13,17,19,23,25,27-28,30-31,33,35,39,41,45,47,56,59H,3-4,6,8-10,12,14-16,18,20-22,24,26,29,32,34,36-38,40,42-44,46,48-55H2,1-2H3/b7-5-,13-11-,19-17-,25-23-,28-27-,31-30-,35-33-,41-39-,47-45-. The maximum absolute atomic E-state index is 12.2. The molecule has 358 valence electrons. The Morgan fingerprint density at radius 1 is 0.381 bits per heavy atom. The van der Waals surface area contributed by atoms with Gasteiger partial charge in [-0.2, -0.15) is 0 Å². The van der Waals surface area contributed by atoms with Crippen molar-refractivity contribution in [2.75, 3.05) is 13.2 Å². The summed E-state index contributed by atoms with van der Waals surface area (Å²) in [7, 11) is 0. The van der Waals surface area contributed by atoms with Crippen molar-refractivity contribution in [2.45, 2.75) is 232 Å². The van der Waals surface area contributed by atoms with Crippen LogP contribution in [0.5, 0.6) is 0 Å². The molecule has 0 fully saturated rings. The van der Waals surface area contributed by atoms with Crippen LogP contribution in [0.2, 0.25) is 0 Å². The maximum Gasteiger partial charge on any atom is 0.306 e. The second-order valence-electron chi connectivity index (χ2n) is 16.9. The van der Waals surface area contributed by atoms with Crippen molar-refractivity contribution in [1.29, 1.82) is 0 Å². The molecule has 0 heterocycles. The Balaban J connectivity index is 3.66. The minimum Gasteiger partial charge on any atom is -0.462 e. The number of aliphatic hydroxyl groups excluding tert-OH is 1. The van der Waals surface area contributed by atoms with E-state index in [4.69, 9.17) is 9.47 Å². The Morgan fingerprint density at radius 2 is 0.683 bits per heavy atom. The quantitative estimate of drug-likeness (QED) is 0.0375. The fraction of sp³-hybridized carbons (Fsp3) is 0.655. The summed E-state index contributed by atoms with van der Waals surface area (Å²) in [5.74, 6) is -0.661. The molecule has 0 aromatic heterocycles. The lowest BCUT2D eigenvalue weighted by molar-refractivity contribution is -0.161. The summed E-state index contributed by atoms with van der Waals surface area (Å²) in [5, 5.41) is 9.62. The van der Waals surface area contributed by atoms with Gasteiger partial charge in [0.15, 0.2) is 6.10 Å². The monoisotopic (exact) mass is 873 g/mol. The lowest BCUT2D eigenvalue weighted by atomic mass is 10.0. The van der Waals surface area contributed by atoms with Crippen LogP contribution in [0, 0.1) is 0 Å². The molecule has 0 saturated carbocycles. The van der Waals surface area contributed by atoms with Crippen LogP contribution in [0.15, 0.2) is 109 Å². The molecule has 0 spiro atoms. The van der Waals surface area contributed by atoms with E-state index in [1.807, 2.05) is 0 Å². The topological polar surface area (TPSA) is 72.8 Å². The van der Waals surface area contributed by atoms with Crippen LogP contribution in [-0.4, -0.2) is 36.4 Å². The molecule has 0 aliphatic carbocycles. The number of hydrogen-bond donors (Lipinski definition) is 1. The SMILES string of the molecule is CC/C=C\C/C=C\C/C=C\C/C=C\C/C=C\C/C=C\C/C=C\C/C=C\C/C=C\CCCC(=O)OC(CO)COC(=O)CCCCCCCCCCCCCCCCCCCCCC. The third-order valence-electron chi connectivity index (χ3n) is 10.8. The summed E-state index contributed by atoms with van der Waals surface area (Å²) in [4.78, 5) is 24.4. The first-order valence-electron chi connectivity index (χ1n) is 25.9. The zero-order valence-corrected chi connectivity index (χ0v) is 40.8. The molecular weight excluding hydrogens is 777 g/mol. The number of aliphatic hydroxyl groups is 1.